The summed E-state index contributed by atoms with van der Waals surface area (Å²) in [4.78, 5) is 0. The Morgan fingerprint density at radius 1 is 1.17 bits per heavy atom. The number of hydrogen-bond acceptors (Lipinski definition) is 1. The standard InChI is InChI=1S/C15H15BrFN/c1-10-7-8-11(9-14(10)17)15(2,18)12-5-3-4-6-13(12)16/h3-9H,18H2,1-2H3. The molecule has 1 nitrogen and oxygen atoms in total. The Hall–Kier alpha value is -1.19. The number of rotatable bonds is 2. The molecule has 0 aliphatic carbocycles. The molecule has 0 saturated carbocycles. The molecule has 0 aromatic heterocycles. The molecule has 0 saturated heterocycles. The Kier molecular flexibility index (Phi) is 3.55. The molecule has 1 unspecified atom stereocenters. The lowest BCUT2D eigenvalue weighted by atomic mass is 9.85. The second-order valence-electron chi connectivity index (χ2n) is 4.65. The SMILES string of the molecule is Cc1ccc(C(C)(N)c2ccccc2Br)cc1F. The third-order valence-electron chi connectivity index (χ3n) is 3.20. The van der Waals surface area contributed by atoms with E-state index in [1.807, 2.05) is 37.3 Å². The predicted octanol–water partition coefficient (Wildman–Crippen LogP) is 4.12. The summed E-state index contributed by atoms with van der Waals surface area (Å²) in [6.45, 7) is 3.63. The van der Waals surface area contributed by atoms with Crippen LogP contribution in [0.5, 0.6) is 0 Å². The van der Waals surface area contributed by atoms with Crippen LogP contribution in [0, 0.1) is 12.7 Å². The molecule has 0 aliphatic heterocycles. The van der Waals surface area contributed by atoms with Crippen LogP contribution in [0.2, 0.25) is 0 Å². The molecule has 0 fully saturated rings. The Balaban J connectivity index is 2.54. The first-order valence-electron chi connectivity index (χ1n) is 5.73. The van der Waals surface area contributed by atoms with E-state index in [1.165, 1.54) is 6.07 Å². The van der Waals surface area contributed by atoms with Crippen molar-refractivity contribution < 1.29 is 4.39 Å². The van der Waals surface area contributed by atoms with Crippen LogP contribution >= 0.6 is 15.9 Å². The van der Waals surface area contributed by atoms with E-state index in [-0.39, 0.29) is 5.82 Å². The van der Waals surface area contributed by atoms with Gasteiger partial charge in [0.2, 0.25) is 0 Å². The predicted molar refractivity (Wildman–Crippen MR) is 75.9 cm³/mol. The van der Waals surface area contributed by atoms with E-state index < -0.39 is 5.54 Å². The van der Waals surface area contributed by atoms with Crippen molar-refractivity contribution in [1.82, 2.24) is 0 Å². The minimum atomic E-state index is -0.728. The molecule has 0 amide bonds. The lowest BCUT2D eigenvalue weighted by Crippen LogP contribution is -2.34. The average molecular weight is 308 g/mol. The summed E-state index contributed by atoms with van der Waals surface area (Å²) in [5.41, 5.74) is 7.98. The van der Waals surface area contributed by atoms with Crippen LogP contribution in [-0.2, 0) is 5.54 Å². The summed E-state index contributed by atoms with van der Waals surface area (Å²) in [7, 11) is 0. The highest BCUT2D eigenvalue weighted by Gasteiger charge is 2.26. The second kappa shape index (κ2) is 4.82. The van der Waals surface area contributed by atoms with Gasteiger partial charge in [0, 0.05) is 4.47 Å². The fourth-order valence-electron chi connectivity index (χ4n) is 1.95. The van der Waals surface area contributed by atoms with Crippen LogP contribution in [0.4, 0.5) is 4.39 Å². The first kappa shape index (κ1) is 13.2. The van der Waals surface area contributed by atoms with Gasteiger partial charge in [-0.25, -0.2) is 4.39 Å². The van der Waals surface area contributed by atoms with Crippen molar-refractivity contribution in [1.29, 1.82) is 0 Å². The van der Waals surface area contributed by atoms with Gasteiger partial charge in [0.05, 0.1) is 5.54 Å². The Morgan fingerprint density at radius 3 is 2.44 bits per heavy atom. The van der Waals surface area contributed by atoms with Gasteiger partial charge in [0.1, 0.15) is 5.82 Å². The van der Waals surface area contributed by atoms with Crippen LogP contribution in [-0.4, -0.2) is 0 Å². The highest BCUT2D eigenvalue weighted by atomic mass is 79.9. The lowest BCUT2D eigenvalue weighted by Gasteiger charge is -2.27. The Morgan fingerprint density at radius 2 is 1.83 bits per heavy atom. The van der Waals surface area contributed by atoms with Gasteiger partial charge < -0.3 is 5.73 Å². The monoisotopic (exact) mass is 307 g/mol. The van der Waals surface area contributed by atoms with Crippen molar-refractivity contribution in [3.8, 4) is 0 Å². The van der Waals surface area contributed by atoms with Crippen LogP contribution in [0.25, 0.3) is 0 Å². The van der Waals surface area contributed by atoms with E-state index in [1.54, 1.807) is 13.0 Å². The molecule has 2 rings (SSSR count). The van der Waals surface area contributed by atoms with Crippen molar-refractivity contribution in [2.75, 3.05) is 0 Å². The zero-order chi connectivity index (χ0) is 13.3. The van der Waals surface area contributed by atoms with Gasteiger partial charge in [-0.05, 0) is 42.7 Å². The maximum atomic E-state index is 13.7. The van der Waals surface area contributed by atoms with Gasteiger partial charge in [-0.3, -0.25) is 0 Å². The summed E-state index contributed by atoms with van der Waals surface area (Å²) < 4.78 is 14.6. The van der Waals surface area contributed by atoms with Crippen molar-refractivity contribution in [3.05, 3.63) is 69.4 Å². The van der Waals surface area contributed by atoms with Crippen molar-refractivity contribution in [2.24, 2.45) is 5.73 Å². The molecule has 18 heavy (non-hydrogen) atoms. The van der Waals surface area contributed by atoms with Crippen LogP contribution in [0.3, 0.4) is 0 Å². The minimum absolute atomic E-state index is 0.226. The molecule has 3 heteroatoms. The Bertz CT molecular complexity index is 578. The van der Waals surface area contributed by atoms with E-state index in [0.717, 1.165) is 15.6 Å². The third-order valence-corrected chi connectivity index (χ3v) is 3.90. The molecule has 2 N–H and O–H groups in total. The molecule has 2 aromatic carbocycles. The van der Waals surface area contributed by atoms with Crippen molar-refractivity contribution in [3.63, 3.8) is 0 Å². The normalized spacial score (nSPS) is 14.3. The molecule has 0 spiro atoms. The molecule has 2 aromatic rings. The van der Waals surface area contributed by atoms with Gasteiger partial charge >= 0.3 is 0 Å². The smallest absolute Gasteiger partial charge is 0.126 e. The van der Waals surface area contributed by atoms with Gasteiger partial charge in [-0.2, -0.15) is 0 Å². The summed E-state index contributed by atoms with van der Waals surface area (Å²) >= 11 is 3.49. The number of aryl methyl sites for hydroxylation is 1. The van der Waals surface area contributed by atoms with E-state index in [0.29, 0.717) is 5.56 Å². The molecule has 94 valence electrons. The Labute approximate surface area is 115 Å². The fraction of sp³-hybridized carbons (Fsp3) is 0.200. The molecule has 0 bridgehead atoms. The number of hydrogen-bond donors (Lipinski definition) is 1. The highest BCUT2D eigenvalue weighted by Crippen LogP contribution is 2.32. The van der Waals surface area contributed by atoms with Crippen LogP contribution < -0.4 is 5.73 Å². The third kappa shape index (κ3) is 2.33. The quantitative estimate of drug-likeness (QED) is 0.887. The zero-order valence-electron chi connectivity index (χ0n) is 10.4. The average Bonchev–Trinajstić information content (AvgIpc) is 2.33. The van der Waals surface area contributed by atoms with Crippen LogP contribution in [0.15, 0.2) is 46.9 Å². The van der Waals surface area contributed by atoms with Crippen molar-refractivity contribution in [2.45, 2.75) is 19.4 Å². The lowest BCUT2D eigenvalue weighted by molar-refractivity contribution is 0.576. The van der Waals surface area contributed by atoms with E-state index in [9.17, 15) is 4.39 Å². The zero-order valence-corrected chi connectivity index (χ0v) is 12.0. The van der Waals surface area contributed by atoms with Crippen molar-refractivity contribution >= 4 is 15.9 Å². The molecule has 0 heterocycles. The van der Waals surface area contributed by atoms with E-state index in [2.05, 4.69) is 15.9 Å². The fourth-order valence-corrected chi connectivity index (χ4v) is 2.65. The molecule has 1 atom stereocenters. The first-order valence-corrected chi connectivity index (χ1v) is 6.53. The van der Waals surface area contributed by atoms with Gasteiger partial charge in [0.15, 0.2) is 0 Å². The summed E-state index contributed by atoms with van der Waals surface area (Å²) in [6.07, 6.45) is 0. The number of benzene rings is 2. The van der Waals surface area contributed by atoms with Gasteiger partial charge in [-0.15, -0.1) is 0 Å². The van der Waals surface area contributed by atoms with Crippen LogP contribution in [0.1, 0.15) is 23.6 Å². The summed E-state index contributed by atoms with van der Waals surface area (Å²) in [6, 6.07) is 12.9. The molecule has 0 radical (unpaired) electrons. The molecule has 0 aliphatic rings. The summed E-state index contributed by atoms with van der Waals surface area (Å²) in [5, 5.41) is 0. The number of nitrogens with two attached hydrogens (primary N) is 1. The maximum Gasteiger partial charge on any atom is 0.126 e. The first-order chi connectivity index (χ1) is 8.43. The number of halogens is 2. The van der Waals surface area contributed by atoms with E-state index >= 15 is 0 Å². The molecular formula is C15H15BrFN. The largest absolute Gasteiger partial charge is 0.318 e. The van der Waals surface area contributed by atoms with Gasteiger partial charge in [0.25, 0.3) is 0 Å². The topological polar surface area (TPSA) is 26.0 Å². The second-order valence-corrected chi connectivity index (χ2v) is 5.50. The highest BCUT2D eigenvalue weighted by molar-refractivity contribution is 9.10. The maximum absolute atomic E-state index is 13.7. The van der Waals surface area contributed by atoms with E-state index in [4.69, 9.17) is 5.73 Å². The van der Waals surface area contributed by atoms with Gasteiger partial charge in [-0.1, -0.05) is 46.3 Å². The summed E-state index contributed by atoms with van der Waals surface area (Å²) in [5.74, 6) is -0.226. The minimum Gasteiger partial charge on any atom is -0.318 e. The molecular weight excluding hydrogens is 293 g/mol.